The minimum absolute atomic E-state index is 0.0248. The van der Waals surface area contributed by atoms with Gasteiger partial charge in [-0.15, -0.1) is 0 Å². The number of hydrogen-bond acceptors (Lipinski definition) is 4. The zero-order valence-corrected chi connectivity index (χ0v) is 17.0. The van der Waals surface area contributed by atoms with Crippen molar-refractivity contribution in [3.05, 3.63) is 58.1 Å². The van der Waals surface area contributed by atoms with Crippen molar-refractivity contribution >= 4 is 44.2 Å². The van der Waals surface area contributed by atoms with Gasteiger partial charge < -0.3 is 4.90 Å². The van der Waals surface area contributed by atoms with Crippen LogP contribution in [0, 0.1) is 13.8 Å². The molecule has 0 N–H and O–H groups in total. The van der Waals surface area contributed by atoms with Crippen molar-refractivity contribution < 1.29 is 4.79 Å². The summed E-state index contributed by atoms with van der Waals surface area (Å²) in [6.45, 7) is 5.28. The van der Waals surface area contributed by atoms with E-state index in [1.54, 1.807) is 4.90 Å². The van der Waals surface area contributed by atoms with Crippen LogP contribution in [0.1, 0.15) is 21.5 Å². The molecule has 1 amide bonds. The molecule has 0 saturated heterocycles. The monoisotopic (exact) mass is 387 g/mol. The van der Waals surface area contributed by atoms with Gasteiger partial charge in [0.05, 0.1) is 9.72 Å². The van der Waals surface area contributed by atoms with Crippen molar-refractivity contribution in [2.24, 2.45) is 0 Å². The molecule has 136 valence electrons. The minimum atomic E-state index is -0.0248. The number of halogens is 1. The third kappa shape index (κ3) is 3.90. The SMILES string of the molecule is Cc1ccc(C)c(C(=O)N(CCN(C)C)c2nc3c(Cl)cccc3s2)c1. The van der Waals surface area contributed by atoms with Gasteiger partial charge in [-0.05, 0) is 51.7 Å². The number of hydrogen-bond donors (Lipinski definition) is 0. The van der Waals surface area contributed by atoms with Gasteiger partial charge in [0, 0.05) is 18.7 Å². The Morgan fingerprint density at radius 2 is 1.92 bits per heavy atom. The van der Waals surface area contributed by atoms with Crippen LogP contribution in [0.5, 0.6) is 0 Å². The zero-order valence-electron chi connectivity index (χ0n) is 15.4. The maximum Gasteiger partial charge on any atom is 0.260 e. The second-order valence-electron chi connectivity index (χ2n) is 6.66. The molecule has 0 bridgehead atoms. The van der Waals surface area contributed by atoms with E-state index in [0.29, 0.717) is 22.3 Å². The molecule has 0 saturated carbocycles. The summed E-state index contributed by atoms with van der Waals surface area (Å²) < 4.78 is 0.983. The van der Waals surface area contributed by atoms with Gasteiger partial charge in [0.25, 0.3) is 5.91 Å². The summed E-state index contributed by atoms with van der Waals surface area (Å²) in [7, 11) is 3.99. The molecule has 0 aliphatic rings. The second kappa shape index (κ2) is 7.74. The number of carbonyl (C=O) groups excluding carboxylic acids is 1. The number of aryl methyl sites for hydroxylation is 2. The molecule has 0 radical (unpaired) electrons. The van der Waals surface area contributed by atoms with E-state index in [2.05, 4.69) is 9.88 Å². The Kier molecular flexibility index (Phi) is 5.61. The number of thiazole rings is 1. The molecule has 3 rings (SSSR count). The number of likely N-dealkylation sites (N-methyl/N-ethyl adjacent to an activating group) is 1. The van der Waals surface area contributed by atoms with Gasteiger partial charge in [-0.25, -0.2) is 4.98 Å². The topological polar surface area (TPSA) is 36.4 Å². The molecule has 0 aliphatic carbocycles. The molecule has 26 heavy (non-hydrogen) atoms. The molecule has 0 fully saturated rings. The van der Waals surface area contributed by atoms with Crippen molar-refractivity contribution in [3.63, 3.8) is 0 Å². The molecular weight excluding hydrogens is 366 g/mol. The summed E-state index contributed by atoms with van der Waals surface area (Å²) in [6.07, 6.45) is 0. The lowest BCUT2D eigenvalue weighted by Gasteiger charge is -2.23. The number of fused-ring (bicyclic) bond motifs is 1. The number of para-hydroxylation sites is 1. The highest BCUT2D eigenvalue weighted by Gasteiger charge is 2.23. The molecule has 0 unspecified atom stereocenters. The lowest BCUT2D eigenvalue weighted by molar-refractivity contribution is 0.0984. The highest BCUT2D eigenvalue weighted by Crippen LogP contribution is 2.33. The quantitative estimate of drug-likeness (QED) is 0.632. The largest absolute Gasteiger partial charge is 0.308 e. The van der Waals surface area contributed by atoms with Crippen LogP contribution in [-0.4, -0.2) is 43.0 Å². The highest BCUT2D eigenvalue weighted by atomic mass is 35.5. The van der Waals surface area contributed by atoms with Crippen LogP contribution in [0.15, 0.2) is 36.4 Å². The number of nitrogens with zero attached hydrogens (tertiary/aromatic N) is 3. The first kappa shape index (κ1) is 18.8. The van der Waals surface area contributed by atoms with E-state index in [9.17, 15) is 4.79 Å². The van der Waals surface area contributed by atoms with Gasteiger partial charge in [0.15, 0.2) is 5.13 Å². The van der Waals surface area contributed by atoms with Crippen LogP contribution in [0.4, 0.5) is 5.13 Å². The van der Waals surface area contributed by atoms with Crippen LogP contribution in [-0.2, 0) is 0 Å². The fraction of sp³-hybridized carbons (Fsp3) is 0.300. The summed E-state index contributed by atoms with van der Waals surface area (Å²) in [5.41, 5.74) is 3.50. The first-order valence-corrected chi connectivity index (χ1v) is 9.65. The normalized spacial score (nSPS) is 11.3. The van der Waals surface area contributed by atoms with Gasteiger partial charge in [-0.1, -0.05) is 46.7 Å². The standard InChI is InChI=1S/C20H22ClN3OS/c1-13-8-9-14(2)15(12-13)19(25)24(11-10-23(3)4)20-22-18-16(21)6-5-7-17(18)26-20/h5-9,12H,10-11H2,1-4H3. The zero-order chi connectivity index (χ0) is 18.8. The van der Waals surface area contributed by atoms with Crippen LogP contribution in [0.25, 0.3) is 10.2 Å². The third-order valence-electron chi connectivity index (χ3n) is 4.23. The van der Waals surface area contributed by atoms with Gasteiger partial charge in [0.2, 0.25) is 0 Å². The Labute approximate surface area is 163 Å². The molecule has 3 aromatic rings. The molecule has 0 spiro atoms. The van der Waals surface area contributed by atoms with E-state index >= 15 is 0 Å². The summed E-state index contributed by atoms with van der Waals surface area (Å²) in [4.78, 5) is 21.8. The van der Waals surface area contributed by atoms with Gasteiger partial charge in [0.1, 0.15) is 5.52 Å². The lowest BCUT2D eigenvalue weighted by Crippen LogP contribution is -2.37. The van der Waals surface area contributed by atoms with E-state index in [4.69, 9.17) is 11.6 Å². The van der Waals surface area contributed by atoms with Crippen LogP contribution in [0.3, 0.4) is 0 Å². The predicted molar refractivity (Wildman–Crippen MR) is 111 cm³/mol. The third-order valence-corrected chi connectivity index (χ3v) is 5.58. The predicted octanol–water partition coefficient (Wildman–Crippen LogP) is 4.77. The minimum Gasteiger partial charge on any atom is -0.308 e. The molecule has 6 heteroatoms. The first-order valence-electron chi connectivity index (χ1n) is 8.45. The highest BCUT2D eigenvalue weighted by molar-refractivity contribution is 7.22. The van der Waals surface area contributed by atoms with E-state index in [-0.39, 0.29) is 5.91 Å². The average Bonchev–Trinajstić information content (AvgIpc) is 3.02. The second-order valence-corrected chi connectivity index (χ2v) is 8.08. The summed E-state index contributed by atoms with van der Waals surface area (Å²) in [5.74, 6) is -0.0248. The Hall–Kier alpha value is -1.95. The van der Waals surface area contributed by atoms with Gasteiger partial charge >= 0.3 is 0 Å². The molecule has 0 aliphatic heterocycles. The molecule has 2 aromatic carbocycles. The molecule has 1 heterocycles. The van der Waals surface area contributed by atoms with Crippen LogP contribution >= 0.6 is 22.9 Å². The maximum absolute atomic E-state index is 13.3. The Balaban J connectivity index is 2.04. The number of carbonyl (C=O) groups is 1. The van der Waals surface area contributed by atoms with Crippen molar-refractivity contribution in [2.75, 3.05) is 32.1 Å². The van der Waals surface area contributed by atoms with E-state index in [1.807, 2.05) is 64.3 Å². The first-order chi connectivity index (χ1) is 12.4. The molecular formula is C20H22ClN3OS. The summed E-state index contributed by atoms with van der Waals surface area (Å²) in [6, 6.07) is 11.7. The summed E-state index contributed by atoms with van der Waals surface area (Å²) >= 11 is 7.77. The van der Waals surface area contributed by atoms with Crippen molar-refractivity contribution in [2.45, 2.75) is 13.8 Å². The molecule has 1 aromatic heterocycles. The van der Waals surface area contributed by atoms with E-state index in [1.165, 1.54) is 11.3 Å². The van der Waals surface area contributed by atoms with Crippen molar-refractivity contribution in [1.29, 1.82) is 0 Å². The fourth-order valence-electron chi connectivity index (χ4n) is 2.71. The van der Waals surface area contributed by atoms with E-state index < -0.39 is 0 Å². The van der Waals surface area contributed by atoms with Gasteiger partial charge in [-0.3, -0.25) is 9.69 Å². The molecule has 4 nitrogen and oxygen atoms in total. The lowest BCUT2D eigenvalue weighted by atomic mass is 10.0. The Bertz CT molecular complexity index is 951. The van der Waals surface area contributed by atoms with Crippen molar-refractivity contribution in [1.82, 2.24) is 9.88 Å². The number of benzene rings is 2. The Morgan fingerprint density at radius 3 is 2.62 bits per heavy atom. The molecule has 0 atom stereocenters. The van der Waals surface area contributed by atoms with Crippen LogP contribution < -0.4 is 4.90 Å². The number of aromatic nitrogens is 1. The number of amides is 1. The van der Waals surface area contributed by atoms with Crippen molar-refractivity contribution in [3.8, 4) is 0 Å². The summed E-state index contributed by atoms with van der Waals surface area (Å²) in [5, 5.41) is 1.29. The van der Waals surface area contributed by atoms with Crippen LogP contribution in [0.2, 0.25) is 5.02 Å². The Morgan fingerprint density at radius 1 is 1.15 bits per heavy atom. The number of anilines is 1. The maximum atomic E-state index is 13.3. The van der Waals surface area contributed by atoms with E-state index in [0.717, 1.165) is 27.9 Å². The van der Waals surface area contributed by atoms with Gasteiger partial charge in [-0.2, -0.15) is 0 Å². The average molecular weight is 388 g/mol. The smallest absolute Gasteiger partial charge is 0.260 e. The number of rotatable bonds is 5. The fourth-order valence-corrected chi connectivity index (χ4v) is 4.00.